The lowest BCUT2D eigenvalue weighted by Gasteiger charge is -1.99. The maximum absolute atomic E-state index is 5.37. The van der Waals surface area contributed by atoms with E-state index in [0.29, 0.717) is 0 Å². The molecule has 8 N–H and O–H groups in total. The Labute approximate surface area is 120 Å². The van der Waals surface area contributed by atoms with Crippen LogP contribution in [-0.4, -0.2) is 26.2 Å². The van der Waals surface area contributed by atoms with Crippen molar-refractivity contribution in [1.29, 1.82) is 0 Å². The third-order valence-electron chi connectivity index (χ3n) is 3.07. The molecule has 0 aromatic carbocycles. The fourth-order valence-corrected chi connectivity index (χ4v) is 1.81. The molecule has 0 aromatic rings. The van der Waals surface area contributed by atoms with Gasteiger partial charge in [-0.25, -0.2) is 0 Å². The molecule has 0 aliphatic rings. The number of nitrogens with two attached hydrogens (primary N) is 4. The average molecular weight is 274 g/mol. The van der Waals surface area contributed by atoms with E-state index < -0.39 is 0 Å². The maximum atomic E-state index is 5.37. The van der Waals surface area contributed by atoms with E-state index in [1.165, 1.54) is 57.8 Å². The first-order valence-electron chi connectivity index (χ1n) is 8.13. The van der Waals surface area contributed by atoms with Crippen LogP contribution in [0.4, 0.5) is 0 Å². The number of hydrogen-bond acceptors (Lipinski definition) is 4. The van der Waals surface area contributed by atoms with Crippen molar-refractivity contribution in [2.75, 3.05) is 26.2 Å². The molecule has 0 spiro atoms. The van der Waals surface area contributed by atoms with Gasteiger partial charge in [0.25, 0.3) is 0 Å². The highest BCUT2D eigenvalue weighted by atomic mass is 14.5. The van der Waals surface area contributed by atoms with E-state index in [1.54, 1.807) is 0 Å². The summed E-state index contributed by atoms with van der Waals surface area (Å²) in [6, 6.07) is 0. The fraction of sp³-hybridized carbons (Fsp3) is 1.00. The Kier molecular flexibility index (Phi) is 25.6. The molecule has 0 unspecified atom stereocenters. The van der Waals surface area contributed by atoms with Gasteiger partial charge in [-0.2, -0.15) is 0 Å². The summed E-state index contributed by atoms with van der Waals surface area (Å²) >= 11 is 0. The lowest BCUT2D eigenvalue weighted by atomic mass is 10.1. The molecule has 0 aliphatic heterocycles. The van der Waals surface area contributed by atoms with Crippen LogP contribution in [-0.2, 0) is 0 Å². The minimum Gasteiger partial charge on any atom is -0.330 e. The van der Waals surface area contributed by atoms with Crippen LogP contribution in [0.1, 0.15) is 70.6 Å². The Bertz CT molecular complexity index is 117. The van der Waals surface area contributed by atoms with E-state index >= 15 is 0 Å². The smallest absolute Gasteiger partial charge is 0.00773 e. The first kappa shape index (κ1) is 21.1. The highest BCUT2D eigenvalue weighted by Crippen LogP contribution is 2.05. The largest absolute Gasteiger partial charge is 0.330 e. The predicted octanol–water partition coefficient (Wildman–Crippen LogP) is 2.10. The summed E-state index contributed by atoms with van der Waals surface area (Å²) in [5.74, 6) is 0. The molecule has 0 bridgehead atoms. The number of unbranched alkanes of at least 4 members (excludes halogenated alkanes) is 9. The van der Waals surface area contributed by atoms with Gasteiger partial charge in [-0.1, -0.05) is 44.9 Å². The summed E-state index contributed by atoms with van der Waals surface area (Å²) in [4.78, 5) is 0. The summed E-state index contributed by atoms with van der Waals surface area (Å²) in [6.07, 6.45) is 13.8. The highest BCUT2D eigenvalue weighted by molar-refractivity contribution is 4.46. The van der Waals surface area contributed by atoms with Crippen LogP contribution >= 0.6 is 0 Å². The molecule has 0 atom stereocenters. The van der Waals surface area contributed by atoms with Gasteiger partial charge in [0.2, 0.25) is 0 Å². The van der Waals surface area contributed by atoms with Gasteiger partial charge >= 0.3 is 0 Å². The van der Waals surface area contributed by atoms with Gasteiger partial charge in [0.15, 0.2) is 0 Å². The molecule has 118 valence electrons. The van der Waals surface area contributed by atoms with E-state index in [-0.39, 0.29) is 0 Å². The lowest BCUT2D eigenvalue weighted by molar-refractivity contribution is 0.585. The third kappa shape index (κ3) is 27.2. The van der Waals surface area contributed by atoms with Crippen LogP contribution in [0.25, 0.3) is 0 Å². The van der Waals surface area contributed by atoms with E-state index in [9.17, 15) is 0 Å². The summed E-state index contributed by atoms with van der Waals surface area (Å²) in [5.41, 5.74) is 21.3. The molecule has 0 amide bonds. The zero-order valence-electron chi connectivity index (χ0n) is 12.9. The second-order valence-corrected chi connectivity index (χ2v) is 5.04. The Morgan fingerprint density at radius 3 is 0.579 bits per heavy atom. The van der Waals surface area contributed by atoms with E-state index in [0.717, 1.165) is 39.0 Å². The molecule has 19 heavy (non-hydrogen) atoms. The predicted molar refractivity (Wildman–Crippen MR) is 87.0 cm³/mol. The Balaban J connectivity index is 0. The molecule has 0 rings (SSSR count). The molecule has 0 aromatic heterocycles. The first-order chi connectivity index (χ1) is 9.33. The van der Waals surface area contributed by atoms with Crippen LogP contribution in [0.5, 0.6) is 0 Å². The number of hydrogen-bond donors (Lipinski definition) is 4. The molecule has 0 fully saturated rings. The van der Waals surface area contributed by atoms with E-state index in [4.69, 9.17) is 22.9 Å². The Morgan fingerprint density at radius 1 is 0.263 bits per heavy atom. The Hall–Kier alpha value is -0.160. The van der Waals surface area contributed by atoms with Crippen molar-refractivity contribution in [2.24, 2.45) is 22.9 Å². The van der Waals surface area contributed by atoms with Crippen LogP contribution in [0.2, 0.25) is 0 Å². The number of rotatable bonds is 13. The van der Waals surface area contributed by atoms with Gasteiger partial charge in [-0.3, -0.25) is 0 Å². The molecular formula is C15H38N4. The second kappa shape index (κ2) is 23.0. The maximum Gasteiger partial charge on any atom is -0.00773 e. The van der Waals surface area contributed by atoms with Crippen molar-refractivity contribution in [3.05, 3.63) is 0 Å². The minimum absolute atomic E-state index is 0.824. The van der Waals surface area contributed by atoms with Crippen LogP contribution < -0.4 is 22.9 Å². The first-order valence-corrected chi connectivity index (χ1v) is 8.13. The zero-order valence-corrected chi connectivity index (χ0v) is 12.9. The second-order valence-electron chi connectivity index (χ2n) is 5.04. The quantitative estimate of drug-likeness (QED) is 0.386. The summed E-state index contributed by atoms with van der Waals surface area (Å²) < 4.78 is 0. The van der Waals surface area contributed by atoms with Crippen molar-refractivity contribution in [1.82, 2.24) is 0 Å². The topological polar surface area (TPSA) is 104 Å². The standard InChI is InChI=1S/C9H22N2.C6H16N2/c10-8-6-4-2-1-3-5-7-9-11;7-5-3-1-2-4-6-8/h1-11H2;1-8H2. The van der Waals surface area contributed by atoms with Gasteiger partial charge in [0, 0.05) is 0 Å². The highest BCUT2D eigenvalue weighted by Gasteiger charge is 1.89. The molecule has 0 heterocycles. The molecule has 0 radical (unpaired) electrons. The molecular weight excluding hydrogens is 236 g/mol. The van der Waals surface area contributed by atoms with Crippen molar-refractivity contribution >= 4 is 0 Å². The zero-order chi connectivity index (χ0) is 14.6. The van der Waals surface area contributed by atoms with Crippen molar-refractivity contribution in [3.8, 4) is 0 Å². The normalized spacial score (nSPS) is 10.1. The monoisotopic (exact) mass is 274 g/mol. The van der Waals surface area contributed by atoms with Gasteiger partial charge in [-0.15, -0.1) is 0 Å². The van der Waals surface area contributed by atoms with Crippen LogP contribution in [0.3, 0.4) is 0 Å². The SMILES string of the molecule is NCCCCCCCCCN.NCCCCCCN. The summed E-state index contributed by atoms with van der Waals surface area (Å²) in [6.45, 7) is 3.35. The molecule has 0 saturated heterocycles. The third-order valence-corrected chi connectivity index (χ3v) is 3.07. The molecule has 4 nitrogen and oxygen atoms in total. The van der Waals surface area contributed by atoms with Crippen LogP contribution in [0, 0.1) is 0 Å². The fourth-order valence-electron chi connectivity index (χ4n) is 1.81. The van der Waals surface area contributed by atoms with Crippen molar-refractivity contribution in [2.45, 2.75) is 70.6 Å². The molecule has 0 aliphatic carbocycles. The van der Waals surface area contributed by atoms with Gasteiger partial charge in [-0.05, 0) is 51.9 Å². The molecule has 0 saturated carbocycles. The van der Waals surface area contributed by atoms with Gasteiger partial charge in [0.1, 0.15) is 0 Å². The molecule has 4 heteroatoms. The van der Waals surface area contributed by atoms with E-state index in [2.05, 4.69) is 0 Å². The Morgan fingerprint density at radius 2 is 0.421 bits per heavy atom. The minimum atomic E-state index is 0.824. The van der Waals surface area contributed by atoms with Crippen LogP contribution in [0.15, 0.2) is 0 Å². The van der Waals surface area contributed by atoms with E-state index in [1.807, 2.05) is 0 Å². The van der Waals surface area contributed by atoms with Crippen molar-refractivity contribution < 1.29 is 0 Å². The average Bonchev–Trinajstić information content (AvgIpc) is 2.44. The van der Waals surface area contributed by atoms with Gasteiger partial charge < -0.3 is 22.9 Å². The summed E-state index contributed by atoms with van der Waals surface area (Å²) in [7, 11) is 0. The van der Waals surface area contributed by atoms with Gasteiger partial charge in [0.05, 0.1) is 0 Å². The van der Waals surface area contributed by atoms with Crippen molar-refractivity contribution in [3.63, 3.8) is 0 Å². The lowest BCUT2D eigenvalue weighted by Crippen LogP contribution is -2.00. The summed E-state index contributed by atoms with van der Waals surface area (Å²) in [5, 5.41) is 0.